The van der Waals surface area contributed by atoms with E-state index >= 15 is 0 Å². The van der Waals surface area contributed by atoms with E-state index in [-0.39, 0.29) is 6.61 Å². The van der Waals surface area contributed by atoms with Crippen molar-refractivity contribution in [2.24, 2.45) is 5.92 Å². The van der Waals surface area contributed by atoms with Gasteiger partial charge in [0.25, 0.3) is 0 Å². The summed E-state index contributed by atoms with van der Waals surface area (Å²) in [7, 11) is 0. The molecule has 0 aliphatic carbocycles. The molecule has 0 aromatic carbocycles. The molecule has 2 aromatic rings. The van der Waals surface area contributed by atoms with Crippen molar-refractivity contribution < 1.29 is 5.11 Å². The van der Waals surface area contributed by atoms with Crippen LogP contribution < -0.4 is 5.32 Å². The number of fused-ring (bicyclic) bond motifs is 1. The smallest absolute Gasteiger partial charge is 0.199 e. The van der Waals surface area contributed by atoms with Crippen LogP contribution in [-0.2, 0) is 0 Å². The highest BCUT2D eigenvalue weighted by atomic mass is 16.3. The van der Waals surface area contributed by atoms with E-state index in [1.165, 1.54) is 0 Å². The summed E-state index contributed by atoms with van der Waals surface area (Å²) in [5.41, 5.74) is 0.611. The highest BCUT2D eigenvalue weighted by Gasteiger charge is 2.05. The summed E-state index contributed by atoms with van der Waals surface area (Å²) in [5.74, 6) is 1.14. The third-order valence-corrected chi connectivity index (χ3v) is 2.36. The average Bonchev–Trinajstić information content (AvgIpc) is 2.75. The molecule has 0 saturated heterocycles. The first kappa shape index (κ1) is 10.7. The molecular formula is C9H14N6O. The fraction of sp³-hybridized carbons (Fsp3) is 0.556. The van der Waals surface area contributed by atoms with E-state index in [1.54, 1.807) is 16.9 Å². The Morgan fingerprint density at radius 1 is 1.50 bits per heavy atom. The number of anilines is 1. The Kier molecular flexibility index (Phi) is 3.25. The van der Waals surface area contributed by atoms with Gasteiger partial charge in [-0.1, -0.05) is 6.92 Å². The van der Waals surface area contributed by atoms with Gasteiger partial charge in [0, 0.05) is 13.2 Å². The van der Waals surface area contributed by atoms with Gasteiger partial charge < -0.3 is 10.4 Å². The van der Waals surface area contributed by atoms with E-state index in [1.807, 2.05) is 0 Å². The van der Waals surface area contributed by atoms with E-state index < -0.39 is 0 Å². The summed E-state index contributed by atoms with van der Waals surface area (Å²) >= 11 is 0. The summed E-state index contributed by atoms with van der Waals surface area (Å²) in [4.78, 5) is 4.03. The van der Waals surface area contributed by atoms with Gasteiger partial charge in [-0.3, -0.25) is 4.98 Å². The van der Waals surface area contributed by atoms with Crippen LogP contribution in [0.4, 0.5) is 5.82 Å². The lowest BCUT2D eigenvalue weighted by Crippen LogP contribution is -2.15. The highest BCUT2D eigenvalue weighted by Crippen LogP contribution is 2.08. The number of aliphatic hydroxyl groups is 1. The zero-order valence-electron chi connectivity index (χ0n) is 9.04. The van der Waals surface area contributed by atoms with Crippen LogP contribution in [0.5, 0.6) is 0 Å². The minimum Gasteiger partial charge on any atom is -0.396 e. The van der Waals surface area contributed by atoms with Crippen LogP contribution >= 0.6 is 0 Å². The lowest BCUT2D eigenvalue weighted by molar-refractivity contribution is 0.265. The SMILES string of the molecule is CC(CCO)CNc1cncc2nnnn12. The number of hydrogen-bond donors (Lipinski definition) is 2. The molecule has 0 amide bonds. The Labute approximate surface area is 92.5 Å². The molecule has 2 aromatic heterocycles. The van der Waals surface area contributed by atoms with Crippen LogP contribution in [0.1, 0.15) is 13.3 Å². The number of nitrogens with one attached hydrogen (secondary N) is 1. The quantitative estimate of drug-likeness (QED) is 0.737. The summed E-state index contributed by atoms with van der Waals surface area (Å²) in [5, 5.41) is 23.2. The van der Waals surface area contributed by atoms with Crippen LogP contribution in [0, 0.1) is 5.92 Å². The zero-order chi connectivity index (χ0) is 11.4. The molecular weight excluding hydrogens is 208 g/mol. The van der Waals surface area contributed by atoms with Gasteiger partial charge in [0.15, 0.2) is 5.65 Å². The largest absolute Gasteiger partial charge is 0.396 e. The Morgan fingerprint density at radius 3 is 3.19 bits per heavy atom. The molecule has 86 valence electrons. The fourth-order valence-corrected chi connectivity index (χ4v) is 1.40. The van der Waals surface area contributed by atoms with Crippen LogP contribution in [-0.4, -0.2) is 43.3 Å². The maximum absolute atomic E-state index is 8.79. The van der Waals surface area contributed by atoms with E-state index in [9.17, 15) is 0 Å². The molecule has 0 radical (unpaired) electrons. The number of hydrogen-bond acceptors (Lipinski definition) is 6. The van der Waals surface area contributed by atoms with Crippen molar-refractivity contribution in [1.82, 2.24) is 25.0 Å². The van der Waals surface area contributed by atoms with Crippen LogP contribution in [0.15, 0.2) is 12.4 Å². The molecule has 7 heteroatoms. The van der Waals surface area contributed by atoms with Gasteiger partial charge in [-0.2, -0.15) is 4.52 Å². The molecule has 16 heavy (non-hydrogen) atoms. The predicted molar refractivity (Wildman–Crippen MR) is 57.9 cm³/mol. The monoisotopic (exact) mass is 222 g/mol. The summed E-state index contributed by atoms with van der Waals surface area (Å²) in [6.45, 7) is 3.02. The lowest BCUT2D eigenvalue weighted by Gasteiger charge is -2.11. The number of rotatable bonds is 5. The average molecular weight is 222 g/mol. The molecule has 2 heterocycles. The zero-order valence-corrected chi connectivity index (χ0v) is 9.04. The molecule has 2 N–H and O–H groups in total. The van der Waals surface area contributed by atoms with Crippen LogP contribution in [0.3, 0.4) is 0 Å². The Balaban J connectivity index is 2.06. The van der Waals surface area contributed by atoms with Crippen molar-refractivity contribution in [2.75, 3.05) is 18.5 Å². The standard InChI is InChI=1S/C9H14N6O/c1-7(2-3-16)4-11-8-5-10-6-9-12-13-14-15(8)9/h5-7,11,16H,2-4H2,1H3. The first-order chi connectivity index (χ1) is 7.81. The third kappa shape index (κ3) is 2.25. The molecule has 0 aliphatic heterocycles. The molecule has 7 nitrogen and oxygen atoms in total. The lowest BCUT2D eigenvalue weighted by atomic mass is 10.1. The van der Waals surface area contributed by atoms with Crippen molar-refractivity contribution in [1.29, 1.82) is 0 Å². The van der Waals surface area contributed by atoms with Crippen molar-refractivity contribution >= 4 is 11.5 Å². The molecule has 1 atom stereocenters. The van der Waals surface area contributed by atoms with Crippen molar-refractivity contribution in [2.45, 2.75) is 13.3 Å². The van der Waals surface area contributed by atoms with E-state index in [0.717, 1.165) is 18.8 Å². The van der Waals surface area contributed by atoms with Crippen molar-refractivity contribution in [3.63, 3.8) is 0 Å². The van der Waals surface area contributed by atoms with Gasteiger partial charge in [-0.15, -0.1) is 5.10 Å². The van der Waals surface area contributed by atoms with Gasteiger partial charge in [0.1, 0.15) is 5.82 Å². The number of aromatic nitrogens is 5. The second-order valence-electron chi connectivity index (χ2n) is 3.74. The Hall–Kier alpha value is -1.76. The van der Waals surface area contributed by atoms with Gasteiger partial charge in [-0.25, -0.2) is 0 Å². The molecule has 0 bridgehead atoms. The van der Waals surface area contributed by atoms with Crippen molar-refractivity contribution in [3.05, 3.63) is 12.4 Å². The van der Waals surface area contributed by atoms with E-state index in [2.05, 4.69) is 32.7 Å². The number of nitrogens with zero attached hydrogens (tertiary/aromatic N) is 5. The van der Waals surface area contributed by atoms with E-state index in [4.69, 9.17) is 5.11 Å². The Bertz CT molecular complexity index is 456. The van der Waals surface area contributed by atoms with Gasteiger partial charge >= 0.3 is 0 Å². The fourth-order valence-electron chi connectivity index (χ4n) is 1.40. The normalized spacial score (nSPS) is 12.9. The summed E-state index contributed by atoms with van der Waals surface area (Å²) in [6.07, 6.45) is 4.05. The first-order valence-electron chi connectivity index (χ1n) is 5.18. The highest BCUT2D eigenvalue weighted by molar-refractivity contribution is 5.43. The molecule has 0 fully saturated rings. The predicted octanol–water partition coefficient (Wildman–Crippen LogP) is -0.0503. The molecule has 2 rings (SSSR count). The topological polar surface area (TPSA) is 88.2 Å². The van der Waals surface area contributed by atoms with Crippen LogP contribution in [0.2, 0.25) is 0 Å². The molecule has 0 saturated carbocycles. The Morgan fingerprint density at radius 2 is 2.38 bits per heavy atom. The van der Waals surface area contributed by atoms with E-state index in [0.29, 0.717) is 11.6 Å². The number of aliphatic hydroxyl groups excluding tert-OH is 1. The van der Waals surface area contributed by atoms with Crippen LogP contribution in [0.25, 0.3) is 5.65 Å². The molecule has 0 spiro atoms. The first-order valence-corrected chi connectivity index (χ1v) is 5.18. The van der Waals surface area contributed by atoms with Gasteiger partial charge in [0.2, 0.25) is 0 Å². The van der Waals surface area contributed by atoms with Crippen molar-refractivity contribution in [3.8, 4) is 0 Å². The maximum atomic E-state index is 8.79. The maximum Gasteiger partial charge on any atom is 0.199 e. The van der Waals surface area contributed by atoms with Gasteiger partial charge in [0.05, 0.1) is 12.4 Å². The summed E-state index contributed by atoms with van der Waals surface area (Å²) in [6, 6.07) is 0. The van der Waals surface area contributed by atoms with Gasteiger partial charge in [-0.05, 0) is 22.8 Å². The molecule has 1 unspecified atom stereocenters. The summed E-state index contributed by atoms with van der Waals surface area (Å²) < 4.78 is 1.60. The number of tetrazole rings is 1. The third-order valence-electron chi connectivity index (χ3n) is 2.36. The minimum absolute atomic E-state index is 0.205. The minimum atomic E-state index is 0.205. The second-order valence-corrected chi connectivity index (χ2v) is 3.74. The second kappa shape index (κ2) is 4.84. The molecule has 0 aliphatic rings.